The van der Waals surface area contributed by atoms with Gasteiger partial charge in [-0.3, -0.25) is 4.79 Å². The number of halogens is 1. The lowest BCUT2D eigenvalue weighted by molar-refractivity contribution is -0.126. The van der Waals surface area contributed by atoms with Crippen molar-refractivity contribution in [3.63, 3.8) is 0 Å². The SMILES string of the molecule is O=C(CBr)N1C(=O)OC[C@@H]1c1ccccc1. The van der Waals surface area contributed by atoms with Crippen LogP contribution in [0.5, 0.6) is 0 Å². The lowest BCUT2D eigenvalue weighted by Gasteiger charge is -2.18. The first kappa shape index (κ1) is 11.1. The second kappa shape index (κ2) is 4.65. The van der Waals surface area contributed by atoms with Gasteiger partial charge in [0.2, 0.25) is 5.91 Å². The molecular weight excluding hydrogens is 274 g/mol. The molecule has 0 radical (unpaired) electrons. The van der Waals surface area contributed by atoms with E-state index in [0.29, 0.717) is 0 Å². The Bertz CT molecular complexity index is 407. The van der Waals surface area contributed by atoms with Gasteiger partial charge in [0.1, 0.15) is 12.6 Å². The van der Waals surface area contributed by atoms with Gasteiger partial charge in [-0.15, -0.1) is 0 Å². The highest BCUT2D eigenvalue weighted by atomic mass is 79.9. The predicted octanol–water partition coefficient (Wildman–Crippen LogP) is 2.10. The molecule has 1 atom stereocenters. The van der Waals surface area contributed by atoms with Crippen LogP contribution in [0.1, 0.15) is 11.6 Å². The number of nitrogens with zero attached hydrogens (tertiary/aromatic N) is 1. The van der Waals surface area contributed by atoms with Gasteiger partial charge in [0, 0.05) is 0 Å². The van der Waals surface area contributed by atoms with Crippen molar-refractivity contribution < 1.29 is 14.3 Å². The maximum absolute atomic E-state index is 11.6. The number of carbonyl (C=O) groups is 2. The van der Waals surface area contributed by atoms with E-state index >= 15 is 0 Å². The minimum Gasteiger partial charge on any atom is -0.446 e. The molecule has 0 aliphatic carbocycles. The summed E-state index contributed by atoms with van der Waals surface area (Å²) in [4.78, 5) is 24.2. The third kappa shape index (κ3) is 1.95. The summed E-state index contributed by atoms with van der Waals surface area (Å²) in [6.45, 7) is 0.224. The quantitative estimate of drug-likeness (QED) is 0.781. The summed E-state index contributed by atoms with van der Waals surface area (Å²) < 4.78 is 4.90. The molecule has 0 bridgehead atoms. The lowest BCUT2D eigenvalue weighted by atomic mass is 10.1. The smallest absolute Gasteiger partial charge is 0.417 e. The Balaban J connectivity index is 2.28. The number of alkyl halides is 1. The van der Waals surface area contributed by atoms with Gasteiger partial charge in [-0.2, -0.15) is 0 Å². The first-order valence-electron chi connectivity index (χ1n) is 4.83. The lowest BCUT2D eigenvalue weighted by Crippen LogP contribution is -2.34. The summed E-state index contributed by atoms with van der Waals surface area (Å²) in [5.41, 5.74) is 0.905. The maximum Gasteiger partial charge on any atom is 0.417 e. The van der Waals surface area contributed by atoms with Crippen LogP contribution in [0.2, 0.25) is 0 Å². The Morgan fingerprint density at radius 2 is 2.12 bits per heavy atom. The predicted molar refractivity (Wildman–Crippen MR) is 61.2 cm³/mol. The van der Waals surface area contributed by atoms with Crippen molar-refractivity contribution in [1.82, 2.24) is 4.90 Å². The van der Waals surface area contributed by atoms with E-state index in [-0.39, 0.29) is 23.9 Å². The van der Waals surface area contributed by atoms with Crippen molar-refractivity contribution in [3.8, 4) is 0 Å². The zero-order valence-corrected chi connectivity index (χ0v) is 10.0. The van der Waals surface area contributed by atoms with Gasteiger partial charge < -0.3 is 4.74 Å². The summed E-state index contributed by atoms with van der Waals surface area (Å²) in [6.07, 6.45) is -0.571. The number of ether oxygens (including phenoxy) is 1. The van der Waals surface area contributed by atoms with E-state index in [4.69, 9.17) is 4.74 Å². The summed E-state index contributed by atoms with van der Waals surface area (Å²) in [6, 6.07) is 9.07. The van der Waals surface area contributed by atoms with Crippen molar-refractivity contribution in [1.29, 1.82) is 0 Å². The van der Waals surface area contributed by atoms with Crippen LogP contribution in [0.15, 0.2) is 30.3 Å². The molecule has 1 aromatic carbocycles. The molecule has 16 heavy (non-hydrogen) atoms. The number of imide groups is 1. The molecule has 2 rings (SSSR count). The topological polar surface area (TPSA) is 46.6 Å². The summed E-state index contributed by atoms with van der Waals surface area (Å²) in [5, 5.41) is 0.117. The molecule has 5 heteroatoms. The van der Waals surface area contributed by atoms with E-state index in [1.165, 1.54) is 0 Å². The molecule has 1 aliphatic rings. The minimum absolute atomic E-state index is 0.117. The third-order valence-corrected chi connectivity index (χ3v) is 2.92. The average molecular weight is 284 g/mol. The average Bonchev–Trinajstić information content (AvgIpc) is 2.71. The number of rotatable bonds is 2. The van der Waals surface area contributed by atoms with Crippen molar-refractivity contribution in [2.24, 2.45) is 0 Å². The Morgan fingerprint density at radius 1 is 1.44 bits per heavy atom. The second-order valence-corrected chi connectivity index (χ2v) is 3.96. The molecule has 0 aromatic heterocycles. The number of carbonyl (C=O) groups excluding carboxylic acids is 2. The van der Waals surface area contributed by atoms with Gasteiger partial charge in [-0.25, -0.2) is 9.69 Å². The van der Waals surface area contributed by atoms with Crippen LogP contribution in [-0.4, -0.2) is 28.8 Å². The summed E-state index contributed by atoms with van der Waals surface area (Å²) in [7, 11) is 0. The standard InChI is InChI=1S/C11H10BrNO3/c12-6-10(14)13-9(7-16-11(13)15)8-4-2-1-3-5-8/h1-5,9H,6-7H2/t9-/m1/s1. The van der Waals surface area contributed by atoms with E-state index in [0.717, 1.165) is 10.5 Å². The molecule has 1 saturated heterocycles. The van der Waals surface area contributed by atoms with Gasteiger partial charge in [-0.1, -0.05) is 46.3 Å². The van der Waals surface area contributed by atoms with Crippen LogP contribution in [0, 0.1) is 0 Å². The van der Waals surface area contributed by atoms with Crippen LogP contribution in [-0.2, 0) is 9.53 Å². The van der Waals surface area contributed by atoms with E-state index in [9.17, 15) is 9.59 Å². The normalized spacial score (nSPS) is 19.7. The summed E-state index contributed by atoms with van der Waals surface area (Å²) >= 11 is 3.05. The molecule has 0 N–H and O–H groups in total. The minimum atomic E-state index is -0.571. The second-order valence-electron chi connectivity index (χ2n) is 3.40. The van der Waals surface area contributed by atoms with Gasteiger partial charge in [0.25, 0.3) is 0 Å². The highest BCUT2D eigenvalue weighted by molar-refractivity contribution is 9.09. The Kier molecular flexibility index (Phi) is 3.24. The van der Waals surface area contributed by atoms with Crippen molar-refractivity contribution in [3.05, 3.63) is 35.9 Å². The molecule has 4 nitrogen and oxygen atoms in total. The van der Waals surface area contributed by atoms with E-state index in [1.807, 2.05) is 30.3 Å². The van der Waals surface area contributed by atoms with Crippen molar-refractivity contribution in [2.75, 3.05) is 11.9 Å². The zero-order chi connectivity index (χ0) is 11.5. The highest BCUT2D eigenvalue weighted by Crippen LogP contribution is 2.27. The molecule has 0 unspecified atom stereocenters. The fourth-order valence-electron chi connectivity index (χ4n) is 1.68. The van der Waals surface area contributed by atoms with Crippen LogP contribution >= 0.6 is 15.9 Å². The molecule has 0 saturated carbocycles. The number of hydrogen-bond acceptors (Lipinski definition) is 3. The van der Waals surface area contributed by atoms with Gasteiger partial charge >= 0.3 is 6.09 Å². The molecular formula is C11H10BrNO3. The number of hydrogen-bond donors (Lipinski definition) is 0. The van der Waals surface area contributed by atoms with Crippen molar-refractivity contribution >= 4 is 27.9 Å². The number of benzene rings is 1. The van der Waals surface area contributed by atoms with Crippen LogP contribution in [0.25, 0.3) is 0 Å². The van der Waals surface area contributed by atoms with Gasteiger partial charge in [0.05, 0.1) is 5.33 Å². The van der Waals surface area contributed by atoms with Gasteiger partial charge in [0.15, 0.2) is 0 Å². The largest absolute Gasteiger partial charge is 0.446 e. The van der Waals surface area contributed by atoms with Crippen LogP contribution in [0.4, 0.5) is 4.79 Å². The van der Waals surface area contributed by atoms with E-state index < -0.39 is 6.09 Å². The highest BCUT2D eigenvalue weighted by Gasteiger charge is 2.38. The van der Waals surface area contributed by atoms with Gasteiger partial charge in [-0.05, 0) is 5.56 Å². The number of cyclic esters (lactones) is 1. The van der Waals surface area contributed by atoms with Crippen LogP contribution in [0.3, 0.4) is 0 Å². The molecule has 84 valence electrons. The Hall–Kier alpha value is -1.36. The Morgan fingerprint density at radius 3 is 2.75 bits per heavy atom. The first-order valence-corrected chi connectivity index (χ1v) is 5.96. The molecule has 1 aromatic rings. The number of amides is 2. The molecule has 1 heterocycles. The first-order chi connectivity index (χ1) is 7.74. The third-order valence-electron chi connectivity index (χ3n) is 2.44. The molecule has 0 spiro atoms. The zero-order valence-electron chi connectivity index (χ0n) is 8.43. The molecule has 2 amide bonds. The van der Waals surface area contributed by atoms with E-state index in [2.05, 4.69) is 15.9 Å². The summed E-state index contributed by atoms with van der Waals surface area (Å²) in [5.74, 6) is -0.281. The fourth-order valence-corrected chi connectivity index (χ4v) is 1.95. The monoisotopic (exact) mass is 283 g/mol. The van der Waals surface area contributed by atoms with E-state index in [1.54, 1.807) is 0 Å². The van der Waals surface area contributed by atoms with Crippen LogP contribution < -0.4 is 0 Å². The molecule has 1 aliphatic heterocycles. The fraction of sp³-hybridized carbons (Fsp3) is 0.273. The maximum atomic E-state index is 11.6. The molecule has 1 fully saturated rings. The van der Waals surface area contributed by atoms with Crippen molar-refractivity contribution in [2.45, 2.75) is 6.04 Å². The Labute approximate surface area is 101 Å².